The van der Waals surface area contributed by atoms with Gasteiger partial charge in [-0.3, -0.25) is 0 Å². The molecule has 1 aliphatic rings. The van der Waals surface area contributed by atoms with Gasteiger partial charge in [-0.1, -0.05) is 30.3 Å². The Balaban J connectivity index is 1.68. The second-order valence-electron chi connectivity index (χ2n) is 7.74. The molecule has 0 aliphatic carbocycles. The molecule has 0 aromatic heterocycles. The lowest BCUT2D eigenvalue weighted by molar-refractivity contribution is -1.02. The van der Waals surface area contributed by atoms with E-state index >= 15 is 0 Å². The molecule has 6 nitrogen and oxygen atoms in total. The van der Waals surface area contributed by atoms with Crippen LogP contribution in [-0.2, 0) is 0 Å². The van der Waals surface area contributed by atoms with Crippen LogP contribution >= 0.6 is 0 Å². The highest BCUT2D eigenvalue weighted by Gasteiger charge is 2.29. The number of carbonyl (C=O) groups excluding carboxylic acids is 1. The lowest BCUT2D eigenvalue weighted by Gasteiger charge is -2.33. The smallest absolute Gasteiger partial charge is 0.410 e. The molecular weight excluding hydrogens is 352 g/mol. The maximum absolute atomic E-state index is 12.3. The van der Waals surface area contributed by atoms with Gasteiger partial charge in [0, 0.05) is 25.3 Å². The first-order valence-electron chi connectivity index (χ1n) is 9.97. The number of nitrogens with one attached hydrogen (secondary N) is 3. The summed E-state index contributed by atoms with van der Waals surface area (Å²) in [5, 5.41) is 2.98. The van der Waals surface area contributed by atoms with Crippen molar-refractivity contribution in [1.82, 2.24) is 5.32 Å². The lowest BCUT2D eigenvalue weighted by Crippen LogP contribution is -3.27. The number of amides is 1. The average Bonchev–Trinajstić information content (AvgIpc) is 2.70. The molecule has 0 saturated carbocycles. The molecular formula is C22H32N4O2+2. The van der Waals surface area contributed by atoms with Crippen molar-refractivity contribution in [1.29, 1.82) is 0 Å². The first kappa shape index (κ1) is 20.2. The zero-order chi connectivity index (χ0) is 19.9. The van der Waals surface area contributed by atoms with Gasteiger partial charge >= 0.3 is 6.09 Å². The number of quaternary nitrogens is 2. The Morgan fingerprint density at radius 3 is 2.29 bits per heavy atom. The average molecular weight is 385 g/mol. The number of hydrogen-bond acceptors (Lipinski definition) is 3. The van der Waals surface area contributed by atoms with Crippen LogP contribution in [0.15, 0.2) is 54.6 Å². The van der Waals surface area contributed by atoms with Crippen molar-refractivity contribution in [2.45, 2.75) is 6.04 Å². The van der Waals surface area contributed by atoms with E-state index in [0.29, 0.717) is 12.3 Å². The molecule has 1 amide bonds. The molecule has 6 heteroatoms. The molecule has 1 atom stereocenters. The predicted molar refractivity (Wildman–Crippen MR) is 111 cm³/mol. The van der Waals surface area contributed by atoms with Crippen molar-refractivity contribution in [2.24, 2.45) is 0 Å². The normalized spacial score (nSPS) is 20.2. The van der Waals surface area contributed by atoms with E-state index in [4.69, 9.17) is 4.74 Å². The molecule has 1 aliphatic heterocycles. The van der Waals surface area contributed by atoms with Crippen LogP contribution in [0.3, 0.4) is 0 Å². The van der Waals surface area contributed by atoms with Gasteiger partial charge in [0.1, 0.15) is 38.0 Å². The van der Waals surface area contributed by atoms with Gasteiger partial charge in [0.2, 0.25) is 0 Å². The third-order valence-corrected chi connectivity index (χ3v) is 5.45. The van der Waals surface area contributed by atoms with Crippen LogP contribution in [0.5, 0.6) is 5.75 Å². The quantitative estimate of drug-likeness (QED) is 0.657. The summed E-state index contributed by atoms with van der Waals surface area (Å²) < 4.78 is 5.39. The fourth-order valence-corrected chi connectivity index (χ4v) is 3.67. The minimum Gasteiger partial charge on any atom is -0.410 e. The highest BCUT2D eigenvalue weighted by Crippen LogP contribution is 2.16. The van der Waals surface area contributed by atoms with Gasteiger partial charge in [-0.05, 0) is 24.3 Å². The van der Waals surface area contributed by atoms with Crippen molar-refractivity contribution >= 4 is 11.8 Å². The van der Waals surface area contributed by atoms with Gasteiger partial charge in [0.25, 0.3) is 0 Å². The largest absolute Gasteiger partial charge is 0.412 e. The molecule has 0 radical (unpaired) electrons. The van der Waals surface area contributed by atoms with Gasteiger partial charge in [-0.15, -0.1) is 0 Å². The van der Waals surface area contributed by atoms with Crippen LogP contribution in [-0.4, -0.2) is 60.0 Å². The molecule has 0 unspecified atom stereocenters. The van der Waals surface area contributed by atoms with Crippen molar-refractivity contribution in [3.63, 3.8) is 0 Å². The molecule has 150 valence electrons. The number of rotatable bonds is 6. The zero-order valence-electron chi connectivity index (χ0n) is 17.1. The lowest BCUT2D eigenvalue weighted by atomic mass is 10.0. The Labute approximate surface area is 167 Å². The number of hydrogen-bond donors (Lipinski definition) is 3. The second-order valence-corrected chi connectivity index (χ2v) is 7.74. The molecule has 0 spiro atoms. The summed E-state index contributed by atoms with van der Waals surface area (Å²) in [5.41, 5.74) is 2.43. The molecule has 1 heterocycles. The Morgan fingerprint density at radius 1 is 1.04 bits per heavy atom. The number of anilines is 1. The Kier molecular flexibility index (Phi) is 6.90. The molecule has 1 saturated heterocycles. The van der Waals surface area contributed by atoms with Gasteiger partial charge in [-0.2, -0.15) is 0 Å². The van der Waals surface area contributed by atoms with Gasteiger partial charge < -0.3 is 24.8 Å². The van der Waals surface area contributed by atoms with Crippen LogP contribution in [0.4, 0.5) is 10.5 Å². The SMILES string of the molecule is CN(C)c1ccc([C@@H](CNC(=O)Oc2ccccc2)[NH+]2CC[NH+](C)CC2)cc1. The minimum atomic E-state index is -0.403. The van der Waals surface area contributed by atoms with E-state index in [1.54, 1.807) is 17.0 Å². The number of nitrogens with zero attached hydrogens (tertiary/aromatic N) is 1. The van der Waals surface area contributed by atoms with E-state index < -0.39 is 6.09 Å². The maximum atomic E-state index is 12.3. The van der Waals surface area contributed by atoms with E-state index in [2.05, 4.69) is 41.5 Å². The van der Waals surface area contributed by atoms with Gasteiger partial charge in [0.05, 0.1) is 13.6 Å². The van der Waals surface area contributed by atoms with Crippen LogP contribution in [0, 0.1) is 0 Å². The van der Waals surface area contributed by atoms with E-state index in [9.17, 15) is 4.79 Å². The molecule has 28 heavy (non-hydrogen) atoms. The first-order chi connectivity index (χ1) is 13.5. The van der Waals surface area contributed by atoms with E-state index in [1.165, 1.54) is 16.2 Å². The molecule has 0 bridgehead atoms. The monoisotopic (exact) mass is 384 g/mol. The minimum absolute atomic E-state index is 0.215. The number of likely N-dealkylation sites (N-methyl/N-ethyl adjacent to an activating group) is 1. The fraction of sp³-hybridized carbons (Fsp3) is 0.409. The highest BCUT2D eigenvalue weighted by molar-refractivity contribution is 5.70. The van der Waals surface area contributed by atoms with Crippen molar-refractivity contribution in [2.75, 3.05) is 58.8 Å². The van der Waals surface area contributed by atoms with E-state index in [1.807, 2.05) is 32.3 Å². The summed E-state index contributed by atoms with van der Waals surface area (Å²) in [7, 11) is 6.33. The summed E-state index contributed by atoms with van der Waals surface area (Å²) in [6, 6.07) is 18.0. The van der Waals surface area contributed by atoms with Crippen LogP contribution < -0.4 is 24.8 Å². The zero-order valence-corrected chi connectivity index (χ0v) is 17.1. The first-order valence-corrected chi connectivity index (χ1v) is 9.97. The number of piperazine rings is 1. The van der Waals surface area contributed by atoms with Gasteiger partial charge in [0.15, 0.2) is 0 Å². The third kappa shape index (κ3) is 5.47. The van der Waals surface area contributed by atoms with Crippen molar-refractivity contribution in [3.8, 4) is 5.75 Å². The van der Waals surface area contributed by atoms with Crippen molar-refractivity contribution in [3.05, 3.63) is 60.2 Å². The topological polar surface area (TPSA) is 50.5 Å². The van der Waals surface area contributed by atoms with Crippen LogP contribution in [0.25, 0.3) is 0 Å². The van der Waals surface area contributed by atoms with Crippen LogP contribution in [0.2, 0.25) is 0 Å². The third-order valence-electron chi connectivity index (χ3n) is 5.45. The highest BCUT2D eigenvalue weighted by atomic mass is 16.6. The second kappa shape index (κ2) is 9.57. The van der Waals surface area contributed by atoms with Crippen LogP contribution in [0.1, 0.15) is 11.6 Å². The number of carbonyl (C=O) groups is 1. The molecule has 1 fully saturated rings. The predicted octanol–water partition coefficient (Wildman–Crippen LogP) is -0.00450. The molecule has 3 rings (SSSR count). The Bertz CT molecular complexity index is 741. The molecule has 2 aromatic carbocycles. The Morgan fingerprint density at radius 2 is 1.68 bits per heavy atom. The van der Waals surface area contributed by atoms with E-state index in [0.717, 1.165) is 26.2 Å². The van der Waals surface area contributed by atoms with E-state index in [-0.39, 0.29) is 6.04 Å². The summed E-state index contributed by atoms with van der Waals surface area (Å²) in [5.74, 6) is 0.558. The molecule has 2 aromatic rings. The maximum Gasteiger partial charge on any atom is 0.412 e. The standard InChI is InChI=1S/C22H30N4O2/c1-24(2)19-11-9-18(10-12-19)21(26-15-13-25(3)14-16-26)17-23-22(27)28-20-7-5-4-6-8-20/h4-12,21H,13-17H2,1-3H3,(H,23,27)/p+2/t21-/m1/s1. The summed E-state index contributed by atoms with van der Waals surface area (Å²) in [6.45, 7) is 5.05. The number of ether oxygens (including phenoxy) is 1. The summed E-state index contributed by atoms with van der Waals surface area (Å²) >= 11 is 0. The Hall–Kier alpha value is -2.57. The van der Waals surface area contributed by atoms with Crippen molar-refractivity contribution < 1.29 is 19.3 Å². The fourth-order valence-electron chi connectivity index (χ4n) is 3.67. The summed E-state index contributed by atoms with van der Waals surface area (Å²) in [6.07, 6.45) is -0.403. The number of para-hydroxylation sites is 1. The summed E-state index contributed by atoms with van der Waals surface area (Å²) in [4.78, 5) is 17.5. The number of benzene rings is 2. The van der Waals surface area contributed by atoms with Gasteiger partial charge in [-0.25, -0.2) is 4.79 Å². The molecule has 3 N–H and O–H groups in total.